The Balaban J connectivity index is 1.59. The van der Waals surface area contributed by atoms with E-state index in [4.69, 9.17) is 5.73 Å². The first-order chi connectivity index (χ1) is 14.5. The second kappa shape index (κ2) is 8.52. The number of anilines is 2. The Morgan fingerprint density at radius 3 is 1.83 bits per heavy atom. The molecule has 1 saturated heterocycles. The number of benzene rings is 3. The molecule has 4 rings (SSSR count). The topological polar surface area (TPSA) is 56.3 Å². The fourth-order valence-corrected chi connectivity index (χ4v) is 4.04. The minimum absolute atomic E-state index is 0.102. The molecule has 0 amide bonds. The van der Waals surface area contributed by atoms with E-state index in [-0.39, 0.29) is 17.7 Å². The van der Waals surface area contributed by atoms with Crippen molar-refractivity contribution in [3.8, 4) is 6.07 Å². The van der Waals surface area contributed by atoms with Gasteiger partial charge in [-0.05, 0) is 53.6 Å². The summed E-state index contributed by atoms with van der Waals surface area (Å²) in [6.45, 7) is 2.96. The lowest BCUT2D eigenvalue weighted by molar-refractivity contribution is 0.212. The lowest BCUT2D eigenvalue weighted by Gasteiger charge is -2.41. The van der Waals surface area contributed by atoms with Crippen LogP contribution in [-0.4, -0.2) is 31.1 Å². The third kappa shape index (κ3) is 4.12. The van der Waals surface area contributed by atoms with Crippen LogP contribution in [0.4, 0.5) is 20.2 Å². The summed E-state index contributed by atoms with van der Waals surface area (Å²) in [6, 6.07) is 20.5. The standard InChI is InChI=1S/C24H22F2N4/c25-20-5-1-17(2-6-20)24(18-3-7-21(26)8-4-18)30-13-11-29(12-14-30)23-10-9-22(28)15-19(23)16-27/h1-10,15,24H,11-14,28H2. The maximum Gasteiger partial charge on any atom is 0.123 e. The van der Waals surface area contributed by atoms with Gasteiger partial charge in [0.1, 0.15) is 17.7 Å². The lowest BCUT2D eigenvalue weighted by Crippen LogP contribution is -2.48. The minimum atomic E-state index is -0.284. The van der Waals surface area contributed by atoms with Gasteiger partial charge in [-0.25, -0.2) is 8.78 Å². The molecule has 1 aliphatic heterocycles. The first-order valence-electron chi connectivity index (χ1n) is 9.85. The zero-order valence-corrected chi connectivity index (χ0v) is 16.4. The molecular formula is C24H22F2N4. The van der Waals surface area contributed by atoms with Crippen LogP contribution in [0.25, 0.3) is 0 Å². The molecule has 152 valence electrons. The van der Waals surface area contributed by atoms with E-state index in [0.29, 0.717) is 11.3 Å². The van der Waals surface area contributed by atoms with E-state index < -0.39 is 0 Å². The van der Waals surface area contributed by atoms with Crippen LogP contribution in [0, 0.1) is 23.0 Å². The van der Waals surface area contributed by atoms with Crippen LogP contribution in [-0.2, 0) is 0 Å². The summed E-state index contributed by atoms with van der Waals surface area (Å²) < 4.78 is 27.0. The number of halogens is 2. The van der Waals surface area contributed by atoms with Crippen molar-refractivity contribution in [1.82, 2.24) is 4.90 Å². The molecule has 3 aromatic rings. The van der Waals surface area contributed by atoms with Gasteiger partial charge in [0.15, 0.2) is 0 Å². The highest BCUT2D eigenvalue weighted by Crippen LogP contribution is 2.31. The molecule has 1 fully saturated rings. The highest BCUT2D eigenvalue weighted by molar-refractivity contribution is 5.64. The molecule has 0 aromatic heterocycles. The molecule has 6 heteroatoms. The zero-order valence-electron chi connectivity index (χ0n) is 16.4. The second-order valence-electron chi connectivity index (χ2n) is 7.42. The summed E-state index contributed by atoms with van der Waals surface area (Å²) in [7, 11) is 0. The van der Waals surface area contributed by atoms with Gasteiger partial charge < -0.3 is 10.6 Å². The minimum Gasteiger partial charge on any atom is -0.399 e. The second-order valence-corrected chi connectivity index (χ2v) is 7.42. The molecule has 0 unspecified atom stereocenters. The summed E-state index contributed by atoms with van der Waals surface area (Å²) >= 11 is 0. The van der Waals surface area contributed by atoms with Gasteiger partial charge in [-0.1, -0.05) is 24.3 Å². The first-order valence-corrected chi connectivity index (χ1v) is 9.85. The number of nitrogen functional groups attached to an aromatic ring is 1. The van der Waals surface area contributed by atoms with Crippen molar-refractivity contribution < 1.29 is 8.78 Å². The van der Waals surface area contributed by atoms with E-state index in [2.05, 4.69) is 15.9 Å². The van der Waals surface area contributed by atoms with Gasteiger partial charge in [0.2, 0.25) is 0 Å². The molecule has 0 radical (unpaired) electrons. The molecule has 0 aliphatic carbocycles. The zero-order chi connectivity index (χ0) is 21.1. The number of hydrogen-bond donors (Lipinski definition) is 1. The summed E-state index contributed by atoms with van der Waals surface area (Å²) in [5.74, 6) is -0.567. The van der Waals surface area contributed by atoms with Crippen molar-refractivity contribution in [3.05, 3.63) is 95.1 Å². The fourth-order valence-electron chi connectivity index (χ4n) is 4.04. The molecule has 0 atom stereocenters. The molecule has 2 N–H and O–H groups in total. The molecule has 1 heterocycles. The van der Waals surface area contributed by atoms with Crippen LogP contribution in [0.3, 0.4) is 0 Å². The Hall–Kier alpha value is -3.43. The van der Waals surface area contributed by atoms with Crippen molar-refractivity contribution in [3.63, 3.8) is 0 Å². The summed E-state index contributed by atoms with van der Waals surface area (Å²) in [4.78, 5) is 4.49. The monoisotopic (exact) mass is 404 g/mol. The first kappa shape index (κ1) is 19.9. The normalized spacial score (nSPS) is 14.7. The molecule has 4 nitrogen and oxygen atoms in total. The van der Waals surface area contributed by atoms with Gasteiger partial charge >= 0.3 is 0 Å². The third-order valence-corrected chi connectivity index (χ3v) is 5.53. The number of piperazine rings is 1. The number of rotatable bonds is 4. The van der Waals surface area contributed by atoms with E-state index in [1.165, 1.54) is 24.3 Å². The van der Waals surface area contributed by atoms with E-state index in [0.717, 1.165) is 43.0 Å². The molecule has 30 heavy (non-hydrogen) atoms. The Labute approximate surface area is 174 Å². The van der Waals surface area contributed by atoms with E-state index in [9.17, 15) is 14.0 Å². The van der Waals surface area contributed by atoms with Crippen LogP contribution >= 0.6 is 0 Å². The van der Waals surface area contributed by atoms with E-state index in [1.807, 2.05) is 12.1 Å². The van der Waals surface area contributed by atoms with Crippen molar-refractivity contribution in [2.24, 2.45) is 0 Å². The molecule has 1 aliphatic rings. The average Bonchev–Trinajstić information content (AvgIpc) is 2.77. The van der Waals surface area contributed by atoms with Gasteiger partial charge in [-0.15, -0.1) is 0 Å². The number of nitrogens with two attached hydrogens (primary N) is 1. The molecule has 0 saturated carbocycles. The van der Waals surface area contributed by atoms with Crippen molar-refractivity contribution in [2.75, 3.05) is 36.8 Å². The van der Waals surface area contributed by atoms with Crippen LogP contribution in [0.5, 0.6) is 0 Å². The molecular weight excluding hydrogens is 382 g/mol. The predicted octanol–water partition coefficient (Wildman–Crippen LogP) is 4.33. The number of nitrogens with zero attached hydrogens (tertiary/aromatic N) is 3. The maximum atomic E-state index is 13.5. The van der Waals surface area contributed by atoms with Crippen molar-refractivity contribution in [2.45, 2.75) is 6.04 Å². The Morgan fingerprint density at radius 2 is 1.33 bits per heavy atom. The van der Waals surface area contributed by atoms with Gasteiger partial charge in [-0.2, -0.15) is 5.26 Å². The number of hydrogen-bond acceptors (Lipinski definition) is 4. The van der Waals surface area contributed by atoms with Crippen molar-refractivity contribution in [1.29, 1.82) is 5.26 Å². The highest BCUT2D eigenvalue weighted by atomic mass is 19.1. The van der Waals surface area contributed by atoms with Crippen molar-refractivity contribution >= 4 is 11.4 Å². The van der Waals surface area contributed by atoms with E-state index >= 15 is 0 Å². The SMILES string of the molecule is N#Cc1cc(N)ccc1N1CCN(C(c2ccc(F)cc2)c2ccc(F)cc2)CC1. The average molecular weight is 404 g/mol. The van der Waals surface area contributed by atoms with Gasteiger partial charge in [0.25, 0.3) is 0 Å². The Morgan fingerprint density at radius 1 is 0.800 bits per heavy atom. The van der Waals surface area contributed by atoms with Crippen LogP contribution in [0.15, 0.2) is 66.7 Å². The summed E-state index contributed by atoms with van der Waals surface area (Å²) in [6.07, 6.45) is 0. The van der Waals surface area contributed by atoms with Crippen LogP contribution in [0.1, 0.15) is 22.7 Å². The summed E-state index contributed by atoms with van der Waals surface area (Å²) in [5, 5.41) is 9.45. The molecule has 0 spiro atoms. The lowest BCUT2D eigenvalue weighted by atomic mass is 9.96. The van der Waals surface area contributed by atoms with Gasteiger partial charge in [0.05, 0.1) is 17.3 Å². The predicted molar refractivity (Wildman–Crippen MR) is 114 cm³/mol. The van der Waals surface area contributed by atoms with Crippen LogP contribution in [0.2, 0.25) is 0 Å². The maximum absolute atomic E-state index is 13.5. The smallest absolute Gasteiger partial charge is 0.123 e. The van der Waals surface area contributed by atoms with Gasteiger partial charge in [-0.3, -0.25) is 4.90 Å². The highest BCUT2D eigenvalue weighted by Gasteiger charge is 2.27. The number of nitriles is 1. The quantitative estimate of drug-likeness (QED) is 0.658. The third-order valence-electron chi connectivity index (χ3n) is 5.53. The summed E-state index contributed by atoms with van der Waals surface area (Å²) in [5.41, 5.74) is 9.75. The Kier molecular flexibility index (Phi) is 5.64. The Bertz CT molecular complexity index is 1000. The van der Waals surface area contributed by atoms with E-state index in [1.54, 1.807) is 30.3 Å². The largest absolute Gasteiger partial charge is 0.399 e. The molecule has 0 bridgehead atoms. The molecule has 3 aromatic carbocycles. The fraction of sp³-hybridized carbons (Fsp3) is 0.208. The van der Waals surface area contributed by atoms with Crippen LogP contribution < -0.4 is 10.6 Å². The van der Waals surface area contributed by atoms with Gasteiger partial charge in [0, 0.05) is 31.9 Å².